The number of rotatable bonds is 4. The molecule has 1 amide bonds. The Kier molecular flexibility index (Phi) is 4.06. The molecule has 0 aliphatic rings. The molecule has 4 nitrogen and oxygen atoms in total. The van der Waals surface area contributed by atoms with Crippen LogP contribution in [0, 0.1) is 0 Å². The minimum Gasteiger partial charge on any atom is -0.334 e. The van der Waals surface area contributed by atoms with Gasteiger partial charge in [-0.1, -0.05) is 30.3 Å². The molecule has 3 aromatic rings. The molecule has 0 saturated carbocycles. The molecule has 0 aliphatic carbocycles. The van der Waals surface area contributed by atoms with Crippen LogP contribution in [0.1, 0.15) is 22.7 Å². The zero-order valence-corrected chi connectivity index (χ0v) is 12.5. The van der Waals surface area contributed by atoms with Gasteiger partial charge in [0.25, 0.3) is 5.91 Å². The van der Waals surface area contributed by atoms with Gasteiger partial charge < -0.3 is 4.90 Å². The first kappa shape index (κ1) is 15.1. The lowest BCUT2D eigenvalue weighted by Crippen LogP contribution is -2.27. The number of carbonyl (C=O) groups is 1. The van der Waals surface area contributed by atoms with Crippen LogP contribution in [0.25, 0.3) is 11.0 Å². The van der Waals surface area contributed by atoms with Crippen molar-refractivity contribution in [3.8, 4) is 0 Å². The van der Waals surface area contributed by atoms with Gasteiger partial charge in [-0.3, -0.25) is 9.36 Å². The molecular weight excluding hydrogens is 300 g/mol. The molecule has 6 heteroatoms. The topological polar surface area (TPSA) is 38.1 Å². The average molecular weight is 315 g/mol. The summed E-state index contributed by atoms with van der Waals surface area (Å²) in [6.45, 7) is -2.70. The number of nitrogens with zero attached hydrogens (tertiary/aromatic N) is 3. The predicted octanol–water partition coefficient (Wildman–Crippen LogP) is 3.70. The van der Waals surface area contributed by atoms with Gasteiger partial charge in [0.2, 0.25) is 0 Å². The normalized spacial score (nSPS) is 11.1. The summed E-state index contributed by atoms with van der Waals surface area (Å²) >= 11 is 0. The van der Waals surface area contributed by atoms with Gasteiger partial charge in [0.05, 0.1) is 17.6 Å². The van der Waals surface area contributed by atoms with Gasteiger partial charge in [0.15, 0.2) is 0 Å². The molecule has 0 atom stereocenters. The number of carbonyl (C=O) groups excluding carboxylic acids is 1. The Bertz CT molecular complexity index is 830. The van der Waals surface area contributed by atoms with Crippen molar-refractivity contribution < 1.29 is 13.6 Å². The minimum atomic E-state index is -2.71. The summed E-state index contributed by atoms with van der Waals surface area (Å²) in [5.41, 5.74) is 1.36. The lowest BCUT2D eigenvalue weighted by atomic mass is 10.2. The van der Waals surface area contributed by atoms with Crippen LogP contribution in [0.15, 0.2) is 54.6 Å². The zero-order valence-electron chi connectivity index (χ0n) is 12.5. The van der Waals surface area contributed by atoms with Gasteiger partial charge in [-0.25, -0.2) is 4.98 Å². The van der Waals surface area contributed by atoms with E-state index in [2.05, 4.69) is 4.98 Å². The van der Waals surface area contributed by atoms with Crippen molar-refractivity contribution in [2.75, 3.05) is 7.05 Å². The van der Waals surface area contributed by atoms with Crippen LogP contribution < -0.4 is 0 Å². The molecule has 3 rings (SSSR count). The molecule has 0 radical (unpaired) electrons. The first-order valence-electron chi connectivity index (χ1n) is 7.12. The van der Waals surface area contributed by atoms with Crippen LogP contribution in [0.4, 0.5) is 8.78 Å². The minimum absolute atomic E-state index is 0.00669. The van der Waals surface area contributed by atoms with E-state index in [0.717, 1.165) is 4.57 Å². The quantitative estimate of drug-likeness (QED) is 0.736. The van der Waals surface area contributed by atoms with Gasteiger partial charge in [0, 0.05) is 12.6 Å². The van der Waals surface area contributed by atoms with E-state index in [1.54, 1.807) is 55.6 Å². The number of aromatic nitrogens is 2. The summed E-state index contributed by atoms with van der Waals surface area (Å²) < 4.78 is 27.6. The molecule has 1 heterocycles. The van der Waals surface area contributed by atoms with Crippen LogP contribution in [0.3, 0.4) is 0 Å². The number of para-hydroxylation sites is 2. The highest BCUT2D eigenvalue weighted by Crippen LogP contribution is 2.24. The molecule has 0 unspecified atom stereocenters. The number of halogens is 2. The fraction of sp³-hybridized carbons (Fsp3) is 0.176. The SMILES string of the molecule is CN(Cc1nc2ccccc2n1C(F)F)C(=O)c1ccccc1. The Labute approximate surface area is 132 Å². The molecule has 23 heavy (non-hydrogen) atoms. The molecule has 0 N–H and O–H groups in total. The Morgan fingerprint density at radius 3 is 2.48 bits per heavy atom. The van der Waals surface area contributed by atoms with Crippen molar-refractivity contribution in [1.29, 1.82) is 0 Å². The fourth-order valence-corrected chi connectivity index (χ4v) is 2.51. The summed E-state index contributed by atoms with van der Waals surface area (Å²) in [7, 11) is 1.57. The largest absolute Gasteiger partial charge is 0.334 e. The van der Waals surface area contributed by atoms with Crippen molar-refractivity contribution in [1.82, 2.24) is 14.5 Å². The van der Waals surface area contributed by atoms with E-state index in [1.165, 1.54) is 4.90 Å². The van der Waals surface area contributed by atoms with Gasteiger partial charge >= 0.3 is 6.55 Å². The fourth-order valence-electron chi connectivity index (χ4n) is 2.51. The van der Waals surface area contributed by atoms with Gasteiger partial charge in [-0.05, 0) is 24.3 Å². The van der Waals surface area contributed by atoms with Crippen LogP contribution >= 0.6 is 0 Å². The molecule has 2 aromatic carbocycles. The van der Waals surface area contributed by atoms with E-state index in [9.17, 15) is 13.6 Å². The lowest BCUT2D eigenvalue weighted by Gasteiger charge is -2.17. The lowest BCUT2D eigenvalue weighted by molar-refractivity contribution is 0.0646. The van der Waals surface area contributed by atoms with Gasteiger partial charge in [0.1, 0.15) is 5.82 Å². The van der Waals surface area contributed by atoms with E-state index < -0.39 is 6.55 Å². The number of benzene rings is 2. The first-order valence-corrected chi connectivity index (χ1v) is 7.12. The average Bonchev–Trinajstić information content (AvgIpc) is 2.92. The Morgan fingerprint density at radius 2 is 1.78 bits per heavy atom. The molecule has 0 fully saturated rings. The number of fused-ring (bicyclic) bond motifs is 1. The Morgan fingerprint density at radius 1 is 1.13 bits per heavy atom. The molecule has 0 bridgehead atoms. The van der Waals surface area contributed by atoms with Crippen molar-refractivity contribution in [3.05, 3.63) is 66.0 Å². The van der Waals surface area contributed by atoms with E-state index in [-0.39, 0.29) is 18.3 Å². The van der Waals surface area contributed by atoms with Gasteiger partial charge in [-0.2, -0.15) is 8.78 Å². The maximum atomic E-state index is 13.4. The first-order chi connectivity index (χ1) is 11.1. The monoisotopic (exact) mass is 315 g/mol. The third-order valence-corrected chi connectivity index (χ3v) is 3.61. The maximum absolute atomic E-state index is 13.4. The highest BCUT2D eigenvalue weighted by atomic mass is 19.3. The second kappa shape index (κ2) is 6.16. The summed E-state index contributed by atoms with van der Waals surface area (Å²) in [6.07, 6.45) is 0. The number of alkyl halides is 2. The smallest absolute Gasteiger partial charge is 0.320 e. The third kappa shape index (κ3) is 2.92. The summed E-state index contributed by atoms with van der Waals surface area (Å²) in [5.74, 6) is -0.0774. The predicted molar refractivity (Wildman–Crippen MR) is 83.2 cm³/mol. The molecule has 1 aromatic heterocycles. The van der Waals surface area contributed by atoms with E-state index >= 15 is 0 Å². The van der Waals surface area contributed by atoms with Crippen LogP contribution in [0.2, 0.25) is 0 Å². The van der Waals surface area contributed by atoms with Crippen molar-refractivity contribution in [3.63, 3.8) is 0 Å². The van der Waals surface area contributed by atoms with Gasteiger partial charge in [-0.15, -0.1) is 0 Å². The van der Waals surface area contributed by atoms with Crippen molar-refractivity contribution in [2.45, 2.75) is 13.1 Å². The summed E-state index contributed by atoms with van der Waals surface area (Å²) in [6, 6.07) is 15.4. The second-order valence-electron chi connectivity index (χ2n) is 5.19. The zero-order chi connectivity index (χ0) is 16.4. The Balaban J connectivity index is 1.92. The van der Waals surface area contributed by atoms with Crippen molar-refractivity contribution >= 4 is 16.9 Å². The maximum Gasteiger partial charge on any atom is 0.320 e. The molecule has 0 spiro atoms. The Hall–Kier alpha value is -2.76. The molecule has 0 saturated heterocycles. The molecule has 118 valence electrons. The van der Waals surface area contributed by atoms with Crippen LogP contribution in [-0.2, 0) is 6.54 Å². The third-order valence-electron chi connectivity index (χ3n) is 3.61. The van der Waals surface area contributed by atoms with Crippen LogP contribution in [0.5, 0.6) is 0 Å². The molecule has 0 aliphatic heterocycles. The molecular formula is C17H15F2N3O. The summed E-state index contributed by atoms with van der Waals surface area (Å²) in [5, 5.41) is 0. The highest BCUT2D eigenvalue weighted by Gasteiger charge is 2.20. The number of hydrogen-bond acceptors (Lipinski definition) is 2. The van der Waals surface area contributed by atoms with Crippen LogP contribution in [-0.4, -0.2) is 27.4 Å². The summed E-state index contributed by atoms with van der Waals surface area (Å²) in [4.78, 5) is 18.0. The highest BCUT2D eigenvalue weighted by molar-refractivity contribution is 5.94. The standard InChI is InChI=1S/C17H15F2N3O/c1-21(16(23)12-7-3-2-4-8-12)11-15-20-13-9-5-6-10-14(13)22(15)17(18)19/h2-10,17H,11H2,1H3. The van der Waals surface area contributed by atoms with E-state index in [1.807, 2.05) is 6.07 Å². The number of imidazole rings is 1. The second-order valence-corrected chi connectivity index (χ2v) is 5.19. The number of amides is 1. The van der Waals surface area contributed by atoms with Crippen molar-refractivity contribution in [2.24, 2.45) is 0 Å². The number of hydrogen-bond donors (Lipinski definition) is 0. The van der Waals surface area contributed by atoms with E-state index in [4.69, 9.17) is 0 Å². The van der Waals surface area contributed by atoms with E-state index in [0.29, 0.717) is 16.6 Å².